The van der Waals surface area contributed by atoms with Crippen molar-refractivity contribution in [2.75, 3.05) is 60.0 Å². The summed E-state index contributed by atoms with van der Waals surface area (Å²) in [6.07, 6.45) is 0. The van der Waals surface area contributed by atoms with Gasteiger partial charge in [0.1, 0.15) is 0 Å². The van der Waals surface area contributed by atoms with Crippen molar-refractivity contribution >= 4 is 5.96 Å². The van der Waals surface area contributed by atoms with Gasteiger partial charge in [-0.15, -0.1) is 0 Å². The maximum Gasteiger partial charge on any atom is 0.188 e. The van der Waals surface area contributed by atoms with Crippen LogP contribution in [-0.2, 0) is 6.54 Å². The van der Waals surface area contributed by atoms with Crippen LogP contribution in [0, 0.1) is 0 Å². The van der Waals surface area contributed by atoms with Crippen LogP contribution in [-0.4, -0.2) is 75.8 Å². The summed E-state index contributed by atoms with van der Waals surface area (Å²) in [4.78, 5) is 9.33. The van der Waals surface area contributed by atoms with E-state index in [0.717, 1.165) is 51.4 Å². The first-order valence-corrected chi connectivity index (χ1v) is 8.85. The second-order valence-electron chi connectivity index (χ2n) is 6.09. The van der Waals surface area contributed by atoms with Gasteiger partial charge in [0.2, 0.25) is 0 Å². The van der Waals surface area contributed by atoms with Crippen LogP contribution in [0.15, 0.2) is 23.2 Å². The highest BCUT2D eigenvalue weighted by Crippen LogP contribution is 2.27. The number of likely N-dealkylation sites (N-methyl/N-ethyl adjacent to an activating group) is 1. The molecule has 1 aliphatic rings. The standard InChI is InChI=1S/C18H31N5O2/c1-4-22-9-11-23(12-10-22)8-7-20-18(19)21-14-15-5-6-16(24-2)17(13-15)25-3/h5-6,13H,4,7-12,14H2,1-3H3,(H3,19,20,21). The van der Waals surface area contributed by atoms with Gasteiger partial charge in [0, 0.05) is 39.3 Å². The zero-order valence-corrected chi connectivity index (χ0v) is 15.6. The van der Waals surface area contributed by atoms with E-state index in [-0.39, 0.29) is 0 Å². The lowest BCUT2D eigenvalue weighted by molar-refractivity contribution is 0.139. The number of ether oxygens (including phenoxy) is 2. The predicted octanol–water partition coefficient (Wildman–Crippen LogP) is 0.746. The van der Waals surface area contributed by atoms with Crippen LogP contribution >= 0.6 is 0 Å². The summed E-state index contributed by atoms with van der Waals surface area (Å²) in [6, 6.07) is 5.76. The molecule has 7 nitrogen and oxygen atoms in total. The summed E-state index contributed by atoms with van der Waals surface area (Å²) in [7, 11) is 3.25. The molecule has 3 N–H and O–H groups in total. The molecule has 0 radical (unpaired) electrons. The molecule has 1 aliphatic heterocycles. The minimum atomic E-state index is 0.474. The summed E-state index contributed by atoms with van der Waals surface area (Å²) in [6.45, 7) is 10.2. The fraction of sp³-hybridized carbons (Fsp3) is 0.611. The van der Waals surface area contributed by atoms with E-state index < -0.39 is 0 Å². The Labute approximate surface area is 150 Å². The number of methoxy groups -OCH3 is 2. The van der Waals surface area contributed by atoms with Gasteiger partial charge in [0.05, 0.1) is 20.8 Å². The zero-order valence-electron chi connectivity index (χ0n) is 15.6. The number of hydrogen-bond donors (Lipinski definition) is 2. The topological polar surface area (TPSA) is 75.4 Å². The molecule has 0 unspecified atom stereocenters. The van der Waals surface area contributed by atoms with Crippen LogP contribution in [0.25, 0.3) is 0 Å². The Hall–Kier alpha value is -1.99. The highest BCUT2D eigenvalue weighted by molar-refractivity contribution is 5.77. The molecule has 25 heavy (non-hydrogen) atoms. The van der Waals surface area contributed by atoms with Gasteiger partial charge in [-0.05, 0) is 24.2 Å². The Morgan fingerprint density at radius 3 is 2.44 bits per heavy atom. The minimum absolute atomic E-state index is 0.474. The molecular formula is C18H31N5O2. The van der Waals surface area contributed by atoms with Crippen molar-refractivity contribution in [2.24, 2.45) is 10.7 Å². The monoisotopic (exact) mass is 349 g/mol. The molecule has 0 bridgehead atoms. The van der Waals surface area contributed by atoms with Crippen molar-refractivity contribution in [3.63, 3.8) is 0 Å². The molecule has 140 valence electrons. The quantitative estimate of drug-likeness (QED) is 0.533. The SMILES string of the molecule is CCN1CCN(CCNC(N)=NCc2ccc(OC)c(OC)c2)CC1. The summed E-state index contributed by atoms with van der Waals surface area (Å²) in [5.41, 5.74) is 6.99. The molecule has 1 aromatic rings. The molecule has 0 atom stereocenters. The van der Waals surface area contributed by atoms with Crippen LogP contribution in [0.5, 0.6) is 11.5 Å². The first-order valence-electron chi connectivity index (χ1n) is 8.85. The van der Waals surface area contributed by atoms with Crippen LogP contribution in [0.1, 0.15) is 12.5 Å². The Balaban J connectivity index is 1.73. The first-order chi connectivity index (χ1) is 12.2. The highest BCUT2D eigenvalue weighted by Gasteiger charge is 2.14. The third kappa shape index (κ3) is 6.10. The Kier molecular flexibility index (Phi) is 7.81. The van der Waals surface area contributed by atoms with Gasteiger partial charge >= 0.3 is 0 Å². The lowest BCUT2D eigenvalue weighted by Crippen LogP contribution is -2.48. The van der Waals surface area contributed by atoms with Gasteiger partial charge in [-0.25, -0.2) is 4.99 Å². The van der Waals surface area contributed by atoms with Gasteiger partial charge in [0.25, 0.3) is 0 Å². The number of rotatable bonds is 8. The van der Waals surface area contributed by atoms with Crippen LogP contribution in [0.4, 0.5) is 0 Å². The van der Waals surface area contributed by atoms with Gasteiger partial charge in [-0.1, -0.05) is 13.0 Å². The lowest BCUT2D eigenvalue weighted by Gasteiger charge is -2.33. The minimum Gasteiger partial charge on any atom is -0.493 e. The van der Waals surface area contributed by atoms with Crippen molar-refractivity contribution in [3.8, 4) is 11.5 Å². The van der Waals surface area contributed by atoms with E-state index in [1.54, 1.807) is 14.2 Å². The number of piperazine rings is 1. The zero-order chi connectivity index (χ0) is 18.1. The smallest absolute Gasteiger partial charge is 0.188 e. The second-order valence-corrected chi connectivity index (χ2v) is 6.09. The van der Waals surface area contributed by atoms with Crippen LogP contribution in [0.2, 0.25) is 0 Å². The van der Waals surface area contributed by atoms with Gasteiger partial charge in [-0.2, -0.15) is 0 Å². The number of benzene rings is 1. The number of guanidine groups is 1. The molecule has 1 fully saturated rings. The molecular weight excluding hydrogens is 318 g/mol. The summed E-state index contributed by atoms with van der Waals surface area (Å²) in [5.74, 6) is 1.89. The number of nitrogens with zero attached hydrogens (tertiary/aromatic N) is 3. The van der Waals surface area contributed by atoms with Crippen molar-refractivity contribution in [2.45, 2.75) is 13.5 Å². The summed E-state index contributed by atoms with van der Waals surface area (Å²) >= 11 is 0. The summed E-state index contributed by atoms with van der Waals surface area (Å²) in [5, 5.41) is 3.19. The van der Waals surface area contributed by atoms with Gasteiger partial charge in [0.15, 0.2) is 17.5 Å². The molecule has 0 aromatic heterocycles. The second kappa shape index (κ2) is 10.1. The molecule has 1 aromatic carbocycles. The van der Waals surface area contributed by atoms with E-state index in [4.69, 9.17) is 15.2 Å². The van der Waals surface area contributed by atoms with E-state index in [9.17, 15) is 0 Å². The molecule has 0 amide bonds. The average molecular weight is 349 g/mol. The number of aliphatic imine (C=N–C) groups is 1. The molecule has 1 heterocycles. The normalized spacial score (nSPS) is 16.7. The van der Waals surface area contributed by atoms with Gasteiger partial charge < -0.3 is 25.4 Å². The largest absolute Gasteiger partial charge is 0.493 e. The van der Waals surface area contributed by atoms with Crippen molar-refractivity contribution in [3.05, 3.63) is 23.8 Å². The number of nitrogens with one attached hydrogen (secondary N) is 1. The maximum absolute atomic E-state index is 5.96. The molecule has 0 spiro atoms. The maximum atomic E-state index is 5.96. The fourth-order valence-electron chi connectivity index (χ4n) is 2.88. The Morgan fingerprint density at radius 2 is 1.80 bits per heavy atom. The third-order valence-corrected chi connectivity index (χ3v) is 4.53. The molecule has 0 aliphatic carbocycles. The van der Waals surface area contributed by atoms with Crippen LogP contribution in [0.3, 0.4) is 0 Å². The van der Waals surface area contributed by atoms with Crippen molar-refractivity contribution < 1.29 is 9.47 Å². The van der Waals surface area contributed by atoms with Crippen molar-refractivity contribution in [1.82, 2.24) is 15.1 Å². The van der Waals surface area contributed by atoms with Crippen molar-refractivity contribution in [1.29, 1.82) is 0 Å². The van der Waals surface area contributed by atoms with E-state index >= 15 is 0 Å². The van der Waals surface area contributed by atoms with Crippen LogP contribution < -0.4 is 20.5 Å². The highest BCUT2D eigenvalue weighted by atomic mass is 16.5. The first kappa shape index (κ1) is 19.3. The average Bonchev–Trinajstić information content (AvgIpc) is 2.66. The molecule has 0 saturated carbocycles. The number of hydrogen-bond acceptors (Lipinski definition) is 5. The Morgan fingerprint density at radius 1 is 1.12 bits per heavy atom. The van der Waals surface area contributed by atoms with E-state index in [2.05, 4.69) is 27.0 Å². The predicted molar refractivity (Wildman–Crippen MR) is 101 cm³/mol. The lowest BCUT2D eigenvalue weighted by atomic mass is 10.2. The van der Waals surface area contributed by atoms with Gasteiger partial charge in [-0.3, -0.25) is 4.90 Å². The molecule has 2 rings (SSSR count). The van der Waals surface area contributed by atoms with E-state index in [1.165, 1.54) is 0 Å². The fourth-order valence-corrected chi connectivity index (χ4v) is 2.88. The Bertz CT molecular complexity index is 556. The van der Waals surface area contributed by atoms with E-state index in [1.807, 2.05) is 18.2 Å². The van der Waals surface area contributed by atoms with E-state index in [0.29, 0.717) is 24.0 Å². The molecule has 1 saturated heterocycles. The number of nitrogens with two attached hydrogens (primary N) is 1. The summed E-state index contributed by atoms with van der Waals surface area (Å²) < 4.78 is 10.5. The third-order valence-electron chi connectivity index (χ3n) is 4.53. The molecule has 7 heteroatoms.